The Kier molecular flexibility index (Phi) is 5.49. The van der Waals surface area contributed by atoms with Gasteiger partial charge in [0, 0.05) is 25.9 Å². The van der Waals surface area contributed by atoms with Crippen molar-refractivity contribution in [3.05, 3.63) is 65.7 Å². The number of anilines is 1. The van der Waals surface area contributed by atoms with Gasteiger partial charge in [-0.25, -0.2) is 4.79 Å². The maximum absolute atomic E-state index is 12.6. The molecule has 1 heterocycles. The van der Waals surface area contributed by atoms with Crippen molar-refractivity contribution < 1.29 is 9.53 Å². The summed E-state index contributed by atoms with van der Waals surface area (Å²) in [6.07, 6.45) is 2.95. The van der Waals surface area contributed by atoms with Crippen LogP contribution in [0.5, 0.6) is 0 Å². The van der Waals surface area contributed by atoms with Gasteiger partial charge in [-0.1, -0.05) is 48.5 Å². The number of methoxy groups -OCH3 is 1. The van der Waals surface area contributed by atoms with Crippen LogP contribution in [0.4, 0.5) is 10.5 Å². The van der Waals surface area contributed by atoms with Gasteiger partial charge in [0.25, 0.3) is 0 Å². The number of urea groups is 1. The van der Waals surface area contributed by atoms with Crippen LogP contribution in [0.1, 0.15) is 24.0 Å². The van der Waals surface area contributed by atoms with Gasteiger partial charge >= 0.3 is 6.03 Å². The number of ether oxygens (including phenoxy) is 1. The molecular weight excluding hydrogens is 300 g/mol. The van der Waals surface area contributed by atoms with Crippen LogP contribution in [0.25, 0.3) is 0 Å². The molecule has 24 heavy (non-hydrogen) atoms. The van der Waals surface area contributed by atoms with E-state index in [2.05, 4.69) is 23.5 Å². The highest BCUT2D eigenvalue weighted by Crippen LogP contribution is 2.21. The molecule has 126 valence electrons. The van der Waals surface area contributed by atoms with Gasteiger partial charge in [-0.05, 0) is 36.5 Å². The zero-order chi connectivity index (χ0) is 16.8. The lowest BCUT2D eigenvalue weighted by Gasteiger charge is -2.32. The van der Waals surface area contributed by atoms with E-state index in [1.54, 1.807) is 7.11 Å². The summed E-state index contributed by atoms with van der Waals surface area (Å²) in [5, 5.41) is 3.08. The molecule has 2 aromatic rings. The number of carbonyl (C=O) groups excluding carboxylic acids is 1. The minimum absolute atomic E-state index is 0.0442. The Morgan fingerprint density at radius 1 is 1.17 bits per heavy atom. The van der Waals surface area contributed by atoms with Crippen LogP contribution >= 0.6 is 0 Å². The first-order valence-electron chi connectivity index (χ1n) is 8.47. The van der Waals surface area contributed by atoms with Crippen LogP contribution in [-0.2, 0) is 11.2 Å². The van der Waals surface area contributed by atoms with E-state index in [4.69, 9.17) is 4.74 Å². The van der Waals surface area contributed by atoms with Crippen LogP contribution in [-0.4, -0.2) is 37.2 Å². The first-order chi connectivity index (χ1) is 11.8. The van der Waals surface area contributed by atoms with E-state index in [1.807, 2.05) is 41.3 Å². The molecule has 2 amide bonds. The minimum atomic E-state index is -0.0442. The topological polar surface area (TPSA) is 41.6 Å². The summed E-state index contributed by atoms with van der Waals surface area (Å²) >= 11 is 0. The summed E-state index contributed by atoms with van der Waals surface area (Å²) in [5.74, 6) is 0. The molecule has 1 fully saturated rings. The third kappa shape index (κ3) is 4.15. The molecule has 0 aromatic heterocycles. The van der Waals surface area contributed by atoms with Gasteiger partial charge in [0.2, 0.25) is 0 Å². The molecule has 0 aliphatic carbocycles. The summed E-state index contributed by atoms with van der Waals surface area (Å²) in [6, 6.07) is 18.2. The fourth-order valence-corrected chi connectivity index (χ4v) is 3.12. The van der Waals surface area contributed by atoms with E-state index in [1.165, 1.54) is 5.56 Å². The van der Waals surface area contributed by atoms with Gasteiger partial charge in [-0.15, -0.1) is 0 Å². The van der Waals surface area contributed by atoms with Gasteiger partial charge in [-0.3, -0.25) is 0 Å². The number of benzene rings is 2. The minimum Gasteiger partial charge on any atom is -0.380 e. The molecule has 3 rings (SSSR count). The van der Waals surface area contributed by atoms with E-state index >= 15 is 0 Å². The van der Waals surface area contributed by atoms with Gasteiger partial charge in [0.1, 0.15) is 0 Å². The molecule has 1 saturated heterocycles. The largest absolute Gasteiger partial charge is 0.380 e. The smallest absolute Gasteiger partial charge is 0.321 e. The Balaban J connectivity index is 1.69. The molecule has 4 nitrogen and oxygen atoms in total. The number of likely N-dealkylation sites (tertiary alicyclic amines) is 1. The zero-order valence-electron chi connectivity index (χ0n) is 14.1. The molecule has 1 aliphatic rings. The molecule has 0 saturated carbocycles. The zero-order valence-corrected chi connectivity index (χ0v) is 14.1. The summed E-state index contributed by atoms with van der Waals surface area (Å²) < 4.78 is 5.40. The van der Waals surface area contributed by atoms with Gasteiger partial charge in [0.05, 0.1) is 6.10 Å². The van der Waals surface area contributed by atoms with Crippen LogP contribution in [0.3, 0.4) is 0 Å². The molecule has 4 heteroatoms. The van der Waals surface area contributed by atoms with Crippen molar-refractivity contribution in [1.82, 2.24) is 4.90 Å². The first kappa shape index (κ1) is 16.5. The molecule has 1 atom stereocenters. The van der Waals surface area contributed by atoms with Crippen molar-refractivity contribution in [3.63, 3.8) is 0 Å². The Morgan fingerprint density at radius 2 is 1.92 bits per heavy atom. The van der Waals surface area contributed by atoms with Crippen molar-refractivity contribution in [1.29, 1.82) is 0 Å². The molecule has 1 aliphatic heterocycles. The summed E-state index contributed by atoms with van der Waals surface area (Å²) in [5.41, 5.74) is 3.24. The normalized spacial score (nSPS) is 17.5. The average Bonchev–Trinajstić information content (AvgIpc) is 2.64. The SMILES string of the molecule is CO[C@H]1CCCN(C(=O)Nc2ccccc2Cc2ccccc2)C1. The maximum Gasteiger partial charge on any atom is 0.321 e. The molecule has 2 aromatic carbocycles. The Bertz CT molecular complexity index is 672. The van der Waals surface area contributed by atoms with Crippen molar-refractivity contribution >= 4 is 11.7 Å². The first-order valence-corrected chi connectivity index (χ1v) is 8.47. The second-order valence-corrected chi connectivity index (χ2v) is 6.20. The summed E-state index contributed by atoms with van der Waals surface area (Å²) in [6.45, 7) is 1.44. The van der Waals surface area contributed by atoms with E-state index in [9.17, 15) is 4.79 Å². The number of carbonyl (C=O) groups is 1. The third-order valence-electron chi connectivity index (χ3n) is 4.50. The lowest BCUT2D eigenvalue weighted by molar-refractivity contribution is 0.0458. The second-order valence-electron chi connectivity index (χ2n) is 6.20. The molecule has 1 N–H and O–H groups in total. The molecule has 0 bridgehead atoms. The highest BCUT2D eigenvalue weighted by atomic mass is 16.5. The number of para-hydroxylation sites is 1. The predicted molar refractivity (Wildman–Crippen MR) is 96.3 cm³/mol. The van der Waals surface area contributed by atoms with E-state index in [0.717, 1.165) is 37.1 Å². The number of nitrogens with one attached hydrogen (secondary N) is 1. The highest BCUT2D eigenvalue weighted by Gasteiger charge is 2.23. The predicted octanol–water partition coefficient (Wildman–Crippen LogP) is 3.92. The molecule has 0 unspecified atom stereocenters. The molecule has 0 radical (unpaired) electrons. The lowest BCUT2D eigenvalue weighted by atomic mass is 10.0. The second kappa shape index (κ2) is 7.97. The third-order valence-corrected chi connectivity index (χ3v) is 4.50. The summed E-state index contributed by atoms with van der Waals surface area (Å²) in [7, 11) is 1.71. The Labute approximate surface area is 143 Å². The maximum atomic E-state index is 12.6. The van der Waals surface area contributed by atoms with Crippen LogP contribution in [0.2, 0.25) is 0 Å². The van der Waals surface area contributed by atoms with Crippen LogP contribution < -0.4 is 5.32 Å². The van der Waals surface area contributed by atoms with E-state index < -0.39 is 0 Å². The molecular formula is C20H24N2O2. The number of piperidine rings is 1. The number of nitrogens with zero attached hydrogens (tertiary/aromatic N) is 1. The van der Waals surface area contributed by atoms with Gasteiger partial charge in [0.15, 0.2) is 0 Å². The number of hydrogen-bond donors (Lipinski definition) is 1. The fraction of sp³-hybridized carbons (Fsp3) is 0.350. The van der Waals surface area contributed by atoms with Gasteiger partial charge < -0.3 is 15.0 Å². The Hall–Kier alpha value is -2.33. The van der Waals surface area contributed by atoms with Crippen LogP contribution in [0, 0.1) is 0 Å². The number of hydrogen-bond acceptors (Lipinski definition) is 2. The summed E-state index contributed by atoms with van der Waals surface area (Å²) in [4.78, 5) is 14.4. The van der Waals surface area contributed by atoms with E-state index in [0.29, 0.717) is 6.54 Å². The quantitative estimate of drug-likeness (QED) is 0.926. The lowest BCUT2D eigenvalue weighted by Crippen LogP contribution is -2.45. The standard InChI is InChI=1S/C20H24N2O2/c1-24-18-11-7-13-22(15-18)20(23)21-19-12-6-5-10-17(19)14-16-8-3-2-4-9-16/h2-6,8-10,12,18H,7,11,13-15H2,1H3,(H,21,23)/t18-/m0/s1. The Morgan fingerprint density at radius 3 is 2.71 bits per heavy atom. The van der Waals surface area contributed by atoms with Crippen molar-refractivity contribution in [2.24, 2.45) is 0 Å². The van der Waals surface area contributed by atoms with E-state index in [-0.39, 0.29) is 12.1 Å². The van der Waals surface area contributed by atoms with Gasteiger partial charge in [-0.2, -0.15) is 0 Å². The highest BCUT2D eigenvalue weighted by molar-refractivity contribution is 5.90. The van der Waals surface area contributed by atoms with Crippen molar-refractivity contribution in [2.75, 3.05) is 25.5 Å². The number of rotatable bonds is 4. The fourth-order valence-electron chi connectivity index (χ4n) is 3.12. The number of amides is 2. The van der Waals surface area contributed by atoms with Crippen molar-refractivity contribution in [3.8, 4) is 0 Å². The molecule has 0 spiro atoms. The van der Waals surface area contributed by atoms with Crippen LogP contribution in [0.15, 0.2) is 54.6 Å². The monoisotopic (exact) mass is 324 g/mol. The average molecular weight is 324 g/mol. The van der Waals surface area contributed by atoms with Crippen molar-refractivity contribution in [2.45, 2.75) is 25.4 Å².